The van der Waals surface area contributed by atoms with Crippen LogP contribution in [0.2, 0.25) is 0 Å². The summed E-state index contributed by atoms with van der Waals surface area (Å²) in [5.41, 5.74) is -3.54. The van der Waals surface area contributed by atoms with Gasteiger partial charge in [-0.25, -0.2) is 0 Å². The van der Waals surface area contributed by atoms with E-state index in [9.17, 15) is 125 Å². The average Bonchev–Trinajstić information content (AvgIpc) is 0.825. The van der Waals surface area contributed by atoms with Gasteiger partial charge in [0.05, 0.1) is 97.6 Å². The molecule has 42 heteroatoms. The summed E-state index contributed by atoms with van der Waals surface area (Å²) >= 11 is 0. The summed E-state index contributed by atoms with van der Waals surface area (Å²) in [7, 11) is 0. The van der Waals surface area contributed by atoms with E-state index in [2.05, 4.69) is 16.0 Å². The number of carbonyl (C=O) groups excluding carboxylic acids is 9. The molecule has 0 aromatic rings. The molecule has 0 aliphatic carbocycles. The lowest BCUT2D eigenvalue weighted by Crippen LogP contribution is -2.56. The molecule has 6 heterocycles. The van der Waals surface area contributed by atoms with Crippen LogP contribution in [0.5, 0.6) is 0 Å². The number of ether oxygens (including phenoxy) is 11. The molecule has 6 fully saturated rings. The van der Waals surface area contributed by atoms with E-state index in [0.29, 0.717) is 77.4 Å². The number of carbonyl (C=O) groups is 9. The average molecular weight is 1790 g/mol. The zero-order chi connectivity index (χ0) is 91.4. The highest BCUT2D eigenvalue weighted by Crippen LogP contribution is 2.41. The van der Waals surface area contributed by atoms with Crippen LogP contribution in [0, 0.1) is 34.0 Å². The van der Waals surface area contributed by atoms with E-state index in [0.717, 1.165) is 6.92 Å². The summed E-state index contributed by atoms with van der Waals surface area (Å²) < 4.78 is 62.0. The lowest BCUT2D eigenvalue weighted by atomic mass is 9.79. The first-order chi connectivity index (χ1) is 58.7. The number of nitrogens with zero attached hydrogens (tertiary/aromatic N) is 3. The Morgan fingerprint density at radius 3 is 0.863 bits per heavy atom. The van der Waals surface area contributed by atoms with Gasteiger partial charge < -0.3 is 179 Å². The van der Waals surface area contributed by atoms with Crippen LogP contribution >= 0.6 is 0 Å². The summed E-state index contributed by atoms with van der Waals surface area (Å²) in [5.74, 6) is -7.36. The molecular formula is C82H142N6O36. The maximum absolute atomic E-state index is 13.7. The maximum Gasteiger partial charge on any atom is 0.407 e. The number of unbranched alkanes of at least 4 members (excludes halogenated alkanes) is 6. The monoisotopic (exact) mass is 1790 g/mol. The fourth-order valence-corrected chi connectivity index (χ4v) is 16.1. The van der Waals surface area contributed by atoms with Crippen LogP contribution in [-0.4, -0.2) is 379 Å². The van der Waals surface area contributed by atoms with Crippen LogP contribution in [0.25, 0.3) is 0 Å². The molecule has 0 radical (unpaired) electrons. The second-order valence-corrected chi connectivity index (χ2v) is 34.5. The van der Waals surface area contributed by atoms with E-state index in [-0.39, 0.29) is 227 Å². The summed E-state index contributed by atoms with van der Waals surface area (Å²) in [5, 5.41) is 176. The van der Waals surface area contributed by atoms with E-state index >= 15 is 0 Å². The topological polar surface area (TPSA) is 625 Å². The third-order valence-electron chi connectivity index (χ3n) is 24.0. The molecule has 716 valence electrons. The number of Topliss-reactive ketones (excluding diaryl/α,β-unsaturated/α-hetero) is 3. The molecule has 6 aliphatic heterocycles. The van der Waals surface area contributed by atoms with Crippen molar-refractivity contribution in [1.29, 1.82) is 0 Å². The van der Waals surface area contributed by atoms with Gasteiger partial charge >= 0.3 is 12.3 Å². The molecule has 6 rings (SSSR count). The molecule has 6 aliphatic rings. The molecule has 42 nitrogen and oxygen atoms in total. The zero-order valence-corrected chi connectivity index (χ0v) is 72.3. The molecule has 15 atom stereocenters. The highest BCUT2D eigenvalue weighted by Gasteiger charge is 2.51. The summed E-state index contributed by atoms with van der Waals surface area (Å²) in [6, 6.07) is 0. The van der Waals surface area contributed by atoms with E-state index in [1.54, 1.807) is 14.7 Å². The minimum atomic E-state index is -3.37. The van der Waals surface area contributed by atoms with Crippen LogP contribution in [0.1, 0.15) is 201 Å². The SMILES string of the molecule is CC(=O)C[C@H]1[C@H](OCCCC(=O)NCCCCCC(=O)N2CCC(CO)(COC(O)(O)OCC3(COC(O)(O)OCC4(COC(C)(O)O)CCN(C(=O)CCCCCNC(=O)CCCO[C@@H]5O[C@H](CO)[C@H](O)[C@H](O)[C@H]5CC(C)=O)CC4)CCN(C(=O)CCCCCNC(=O)CCCO[C@@H]4O[C@H](CO)[C@H](O)[C@H](O)[C@H]4CC(C)=O)CC3)CC2)O[C@H](CO)[C@H](O)[C@@H]1O. The second kappa shape index (κ2) is 53.2. The first-order valence-corrected chi connectivity index (χ1v) is 43.7. The fourth-order valence-electron chi connectivity index (χ4n) is 16.1. The maximum atomic E-state index is 13.7. The Morgan fingerprint density at radius 1 is 0.355 bits per heavy atom. The number of nitrogens with one attached hydrogen (secondary N) is 3. The molecule has 0 spiro atoms. The molecule has 6 amide bonds. The molecule has 0 bridgehead atoms. The Labute approximate surface area is 723 Å². The number of hydrogen-bond donors (Lipinski definition) is 19. The number of rotatable bonds is 58. The minimum absolute atomic E-state index is 0.0152. The van der Waals surface area contributed by atoms with Gasteiger partial charge in [-0.2, -0.15) is 0 Å². The molecular weight excluding hydrogens is 1640 g/mol. The number of ketones is 3. The van der Waals surface area contributed by atoms with Crippen LogP contribution in [0.3, 0.4) is 0 Å². The van der Waals surface area contributed by atoms with E-state index < -0.39 is 186 Å². The summed E-state index contributed by atoms with van der Waals surface area (Å²) in [4.78, 5) is 119. The van der Waals surface area contributed by atoms with Gasteiger partial charge in [-0.15, -0.1) is 0 Å². The smallest absolute Gasteiger partial charge is 0.396 e. The summed E-state index contributed by atoms with van der Waals surface area (Å²) in [6.45, 7) is 2.03. The van der Waals surface area contributed by atoms with Crippen molar-refractivity contribution in [3.63, 3.8) is 0 Å². The van der Waals surface area contributed by atoms with Gasteiger partial charge in [0.15, 0.2) is 18.9 Å². The predicted octanol–water partition coefficient (Wildman–Crippen LogP) is -3.74. The van der Waals surface area contributed by atoms with Crippen molar-refractivity contribution >= 4 is 52.8 Å². The number of likely N-dealkylation sites (tertiary alicyclic amines) is 3. The van der Waals surface area contributed by atoms with Gasteiger partial charge in [-0.05, 0) is 117 Å². The normalized spacial score (nSPS) is 26.7. The van der Waals surface area contributed by atoms with Crippen LogP contribution < -0.4 is 16.0 Å². The molecule has 0 aromatic carbocycles. The number of hydrogen-bond acceptors (Lipinski definition) is 36. The van der Waals surface area contributed by atoms with E-state index in [1.165, 1.54) is 20.8 Å². The highest BCUT2D eigenvalue weighted by molar-refractivity contribution is 5.79. The lowest BCUT2D eigenvalue weighted by Gasteiger charge is -2.44. The van der Waals surface area contributed by atoms with Crippen LogP contribution in [-0.2, 0) is 95.3 Å². The van der Waals surface area contributed by atoms with Crippen molar-refractivity contribution < 1.29 is 177 Å². The predicted molar refractivity (Wildman–Crippen MR) is 428 cm³/mol. The summed E-state index contributed by atoms with van der Waals surface area (Å²) in [6.07, 6.45) is -15.0. The lowest BCUT2D eigenvalue weighted by molar-refractivity contribution is -0.491. The Balaban J connectivity index is 0.955. The molecule has 0 saturated carbocycles. The third-order valence-corrected chi connectivity index (χ3v) is 24.0. The van der Waals surface area contributed by atoms with E-state index in [4.69, 9.17) is 52.1 Å². The van der Waals surface area contributed by atoms with Gasteiger partial charge in [0.1, 0.15) is 54.0 Å². The molecule has 0 aromatic heterocycles. The van der Waals surface area contributed by atoms with Crippen LogP contribution in [0.4, 0.5) is 0 Å². The first-order valence-electron chi connectivity index (χ1n) is 43.7. The first kappa shape index (κ1) is 108. The van der Waals surface area contributed by atoms with Gasteiger partial charge in [0, 0.05) is 158 Å². The number of aliphatic hydroxyl groups excluding tert-OH is 10. The standard InChI is InChI=1S/C82H142N6O36/c1-53(93)41-56-68(102)71(105)59(44-89)122-74(56)114-38-14-17-62(96)83-29-11-5-8-20-65(99)86-32-23-78(47-92,24-33-86)48-118-81(110,111)120-51-80(27-36-88(37-28-80)67(101)22-10-7-13-31-85-64(98)19-16-40-116-76-58(43-55(3)95)70(104)73(107)61(46-91)124-76)52-121-82(112,113)119-50-79(49-117-77(4,108)109)25-34-87(35-26-79)66(100)21-9-6-12-30-84-63(97)18-15-39-115-75-57(42-54(2)94)69(103)72(106)60(45-90)123-75/h56-61,68-76,89-92,102-113H,5-52H2,1-4H3,(H,83,96)(H,84,97)(H,85,98)/t56-,57-,58-,59-,60-,61-,68-,69-,70-,71+,72+,73+,74-,75-,76-/m1/s1. The Morgan fingerprint density at radius 2 is 0.613 bits per heavy atom. The molecule has 124 heavy (non-hydrogen) atoms. The minimum Gasteiger partial charge on any atom is -0.396 e. The number of piperidine rings is 3. The van der Waals surface area contributed by atoms with Crippen molar-refractivity contribution in [3.8, 4) is 0 Å². The number of amides is 6. The molecule has 6 saturated heterocycles. The van der Waals surface area contributed by atoms with Gasteiger partial charge in [0.25, 0.3) is 5.97 Å². The van der Waals surface area contributed by atoms with Gasteiger partial charge in [0.2, 0.25) is 35.4 Å². The van der Waals surface area contributed by atoms with Gasteiger partial charge in [-0.3, -0.25) is 28.8 Å². The zero-order valence-electron chi connectivity index (χ0n) is 72.3. The molecule has 19 N–H and O–H groups in total. The Kier molecular flexibility index (Phi) is 46.1. The van der Waals surface area contributed by atoms with Crippen molar-refractivity contribution in [1.82, 2.24) is 30.7 Å². The largest absolute Gasteiger partial charge is 0.407 e. The fraction of sp³-hybridized carbons (Fsp3) is 0.890. The highest BCUT2D eigenvalue weighted by atomic mass is 16.9. The van der Waals surface area contributed by atoms with Crippen molar-refractivity contribution in [2.24, 2.45) is 34.0 Å². The van der Waals surface area contributed by atoms with E-state index in [1.807, 2.05) is 0 Å². The Bertz CT molecular complexity index is 3220. The van der Waals surface area contributed by atoms with Crippen LogP contribution in [0.15, 0.2) is 0 Å². The van der Waals surface area contributed by atoms with Crippen molar-refractivity contribution in [2.75, 3.05) is 138 Å². The quantitative estimate of drug-likeness (QED) is 0.0206. The molecule has 0 unspecified atom stereocenters. The van der Waals surface area contributed by atoms with Crippen molar-refractivity contribution in [2.45, 2.75) is 293 Å². The van der Waals surface area contributed by atoms with Crippen molar-refractivity contribution in [3.05, 3.63) is 0 Å². The Hall–Kier alpha value is -5.25. The number of aliphatic hydroxyl groups is 16. The second-order valence-electron chi connectivity index (χ2n) is 34.5. The third kappa shape index (κ3) is 36.6. The van der Waals surface area contributed by atoms with Gasteiger partial charge in [-0.1, -0.05) is 19.3 Å².